The van der Waals surface area contributed by atoms with Gasteiger partial charge in [0.05, 0.1) is 7.11 Å². The summed E-state index contributed by atoms with van der Waals surface area (Å²) in [4.78, 5) is 12.4. The normalized spacial score (nSPS) is 10.3. The summed E-state index contributed by atoms with van der Waals surface area (Å²) in [6, 6.07) is 16.7. The first-order chi connectivity index (χ1) is 11.2. The molecule has 5 heteroatoms. The molecule has 3 aromatic rings. The van der Waals surface area contributed by atoms with Crippen LogP contribution in [0.3, 0.4) is 0 Å². The van der Waals surface area contributed by atoms with Crippen molar-refractivity contribution < 1.29 is 14.1 Å². The summed E-state index contributed by atoms with van der Waals surface area (Å²) in [6.45, 7) is 1.77. The van der Waals surface area contributed by atoms with Crippen molar-refractivity contribution >= 4 is 11.7 Å². The SMILES string of the molecule is COc1ccc(C(=O)Nc2cc(C)on2)cc1-c1ccccc1. The zero-order valence-corrected chi connectivity index (χ0v) is 12.9. The van der Waals surface area contributed by atoms with Gasteiger partial charge in [-0.2, -0.15) is 0 Å². The lowest BCUT2D eigenvalue weighted by Crippen LogP contribution is -2.12. The molecule has 2 aromatic carbocycles. The van der Waals surface area contributed by atoms with Crippen LogP contribution >= 0.6 is 0 Å². The number of carbonyl (C=O) groups is 1. The number of ether oxygens (including phenoxy) is 1. The van der Waals surface area contributed by atoms with Gasteiger partial charge in [0.2, 0.25) is 0 Å². The number of aromatic nitrogens is 1. The molecule has 0 spiro atoms. The van der Waals surface area contributed by atoms with E-state index in [0.29, 0.717) is 22.9 Å². The largest absolute Gasteiger partial charge is 0.496 e. The second-order valence-corrected chi connectivity index (χ2v) is 5.06. The predicted octanol–water partition coefficient (Wildman–Crippen LogP) is 3.91. The van der Waals surface area contributed by atoms with Crippen LogP contribution in [0.15, 0.2) is 59.1 Å². The maximum absolute atomic E-state index is 12.4. The third-order valence-corrected chi connectivity index (χ3v) is 3.42. The number of benzene rings is 2. The van der Waals surface area contributed by atoms with Gasteiger partial charge in [-0.05, 0) is 30.7 Å². The molecule has 1 amide bonds. The molecule has 0 unspecified atom stereocenters. The molecule has 0 aliphatic rings. The van der Waals surface area contributed by atoms with Crippen molar-refractivity contribution in [2.45, 2.75) is 6.92 Å². The number of amides is 1. The average molecular weight is 308 g/mol. The number of hydrogen-bond donors (Lipinski definition) is 1. The Labute approximate surface area is 133 Å². The lowest BCUT2D eigenvalue weighted by Gasteiger charge is -2.10. The van der Waals surface area contributed by atoms with E-state index in [-0.39, 0.29) is 5.91 Å². The molecule has 0 atom stereocenters. The van der Waals surface area contributed by atoms with Crippen LogP contribution in [0.1, 0.15) is 16.1 Å². The Morgan fingerprint density at radius 2 is 1.91 bits per heavy atom. The summed E-state index contributed by atoms with van der Waals surface area (Å²) in [6.07, 6.45) is 0. The fraction of sp³-hybridized carbons (Fsp3) is 0.111. The Morgan fingerprint density at radius 1 is 1.13 bits per heavy atom. The van der Waals surface area contributed by atoms with Gasteiger partial charge in [0.15, 0.2) is 5.82 Å². The molecule has 23 heavy (non-hydrogen) atoms. The van der Waals surface area contributed by atoms with Crippen LogP contribution in [0.5, 0.6) is 5.75 Å². The van der Waals surface area contributed by atoms with E-state index >= 15 is 0 Å². The molecule has 1 N–H and O–H groups in total. The van der Waals surface area contributed by atoms with Gasteiger partial charge < -0.3 is 14.6 Å². The molecule has 0 radical (unpaired) electrons. The molecule has 0 saturated heterocycles. The van der Waals surface area contributed by atoms with Gasteiger partial charge in [-0.3, -0.25) is 4.79 Å². The number of anilines is 1. The van der Waals surface area contributed by atoms with Crippen LogP contribution in [0, 0.1) is 6.92 Å². The number of aryl methyl sites for hydroxylation is 1. The number of rotatable bonds is 4. The molecule has 5 nitrogen and oxygen atoms in total. The molecule has 0 saturated carbocycles. The summed E-state index contributed by atoms with van der Waals surface area (Å²) in [5, 5.41) is 6.47. The minimum atomic E-state index is -0.252. The zero-order valence-electron chi connectivity index (χ0n) is 12.9. The predicted molar refractivity (Wildman–Crippen MR) is 87.6 cm³/mol. The van der Waals surface area contributed by atoms with Crippen molar-refractivity contribution in [2.24, 2.45) is 0 Å². The molecule has 116 valence electrons. The molecule has 0 aliphatic heterocycles. The minimum Gasteiger partial charge on any atom is -0.496 e. The van der Waals surface area contributed by atoms with Crippen molar-refractivity contribution in [1.29, 1.82) is 0 Å². The first kappa shape index (κ1) is 14.8. The maximum atomic E-state index is 12.4. The minimum absolute atomic E-state index is 0.252. The van der Waals surface area contributed by atoms with Crippen molar-refractivity contribution in [1.82, 2.24) is 5.16 Å². The molecular formula is C18H16N2O3. The molecule has 3 rings (SSSR count). The van der Waals surface area contributed by atoms with Crippen LogP contribution in [-0.2, 0) is 0 Å². The monoisotopic (exact) mass is 308 g/mol. The van der Waals surface area contributed by atoms with E-state index in [1.165, 1.54) is 0 Å². The van der Waals surface area contributed by atoms with Crippen LogP contribution in [0.4, 0.5) is 5.82 Å². The molecule has 1 heterocycles. The van der Waals surface area contributed by atoms with Crippen molar-refractivity contribution in [3.63, 3.8) is 0 Å². The Bertz CT molecular complexity index is 825. The highest BCUT2D eigenvalue weighted by atomic mass is 16.5. The Balaban J connectivity index is 1.93. The van der Waals surface area contributed by atoms with E-state index in [9.17, 15) is 4.79 Å². The van der Waals surface area contributed by atoms with Crippen molar-refractivity contribution in [3.8, 4) is 16.9 Å². The van der Waals surface area contributed by atoms with Gasteiger partial charge in [0, 0.05) is 17.2 Å². The summed E-state index contributed by atoms with van der Waals surface area (Å²) in [7, 11) is 1.61. The summed E-state index contributed by atoms with van der Waals surface area (Å²) in [5.74, 6) is 1.49. The lowest BCUT2D eigenvalue weighted by atomic mass is 10.0. The van der Waals surface area contributed by atoms with E-state index in [4.69, 9.17) is 9.26 Å². The Kier molecular flexibility index (Phi) is 4.10. The standard InChI is InChI=1S/C18H16N2O3/c1-12-10-17(20-23-12)19-18(21)14-8-9-16(22-2)15(11-14)13-6-4-3-5-7-13/h3-11H,1-2H3,(H,19,20,21). The highest BCUT2D eigenvalue weighted by Crippen LogP contribution is 2.31. The van der Waals surface area contributed by atoms with E-state index in [1.807, 2.05) is 30.3 Å². The fourth-order valence-corrected chi connectivity index (χ4v) is 2.31. The highest BCUT2D eigenvalue weighted by Gasteiger charge is 2.13. The molecule has 0 bridgehead atoms. The van der Waals surface area contributed by atoms with E-state index in [1.54, 1.807) is 38.3 Å². The van der Waals surface area contributed by atoms with Crippen LogP contribution in [0.2, 0.25) is 0 Å². The quantitative estimate of drug-likeness (QED) is 0.793. The zero-order chi connectivity index (χ0) is 16.2. The van der Waals surface area contributed by atoms with Gasteiger partial charge in [-0.1, -0.05) is 35.5 Å². The number of carbonyl (C=O) groups excluding carboxylic acids is 1. The summed E-state index contributed by atoms with van der Waals surface area (Å²) >= 11 is 0. The molecule has 1 aromatic heterocycles. The number of nitrogens with one attached hydrogen (secondary N) is 1. The van der Waals surface area contributed by atoms with Gasteiger partial charge in [0.1, 0.15) is 11.5 Å². The van der Waals surface area contributed by atoms with Crippen LogP contribution in [-0.4, -0.2) is 18.2 Å². The fourth-order valence-electron chi connectivity index (χ4n) is 2.31. The Hall–Kier alpha value is -3.08. The summed E-state index contributed by atoms with van der Waals surface area (Å²) in [5.41, 5.74) is 2.36. The first-order valence-electron chi connectivity index (χ1n) is 7.15. The average Bonchev–Trinajstić information content (AvgIpc) is 3.00. The topological polar surface area (TPSA) is 64.4 Å². The maximum Gasteiger partial charge on any atom is 0.256 e. The third-order valence-electron chi connectivity index (χ3n) is 3.42. The number of methoxy groups -OCH3 is 1. The van der Waals surface area contributed by atoms with E-state index in [2.05, 4.69) is 10.5 Å². The van der Waals surface area contributed by atoms with E-state index in [0.717, 1.165) is 11.1 Å². The smallest absolute Gasteiger partial charge is 0.256 e. The highest BCUT2D eigenvalue weighted by molar-refractivity contribution is 6.04. The first-order valence-corrected chi connectivity index (χ1v) is 7.15. The third kappa shape index (κ3) is 3.23. The van der Waals surface area contributed by atoms with E-state index < -0.39 is 0 Å². The van der Waals surface area contributed by atoms with Gasteiger partial charge in [0.25, 0.3) is 5.91 Å². The van der Waals surface area contributed by atoms with Crippen LogP contribution in [0.25, 0.3) is 11.1 Å². The van der Waals surface area contributed by atoms with Crippen molar-refractivity contribution in [2.75, 3.05) is 12.4 Å². The van der Waals surface area contributed by atoms with Gasteiger partial charge in [-0.25, -0.2) is 0 Å². The second kappa shape index (κ2) is 6.36. The van der Waals surface area contributed by atoms with Crippen molar-refractivity contribution in [3.05, 3.63) is 65.9 Å². The van der Waals surface area contributed by atoms with Gasteiger partial charge in [-0.15, -0.1) is 0 Å². The molecular weight excluding hydrogens is 292 g/mol. The Morgan fingerprint density at radius 3 is 2.57 bits per heavy atom. The lowest BCUT2D eigenvalue weighted by molar-refractivity contribution is 0.102. The number of nitrogens with zero attached hydrogens (tertiary/aromatic N) is 1. The van der Waals surface area contributed by atoms with Gasteiger partial charge >= 0.3 is 0 Å². The van der Waals surface area contributed by atoms with Crippen LogP contribution < -0.4 is 10.1 Å². The number of hydrogen-bond acceptors (Lipinski definition) is 4. The summed E-state index contributed by atoms with van der Waals surface area (Å²) < 4.78 is 10.3. The molecule has 0 fully saturated rings. The molecule has 0 aliphatic carbocycles. The second-order valence-electron chi connectivity index (χ2n) is 5.06.